The fourth-order valence-electron chi connectivity index (χ4n) is 1.94. The summed E-state index contributed by atoms with van der Waals surface area (Å²) in [6.45, 7) is 0.687. The molecule has 1 aromatic carbocycles. The van der Waals surface area contributed by atoms with E-state index in [-0.39, 0.29) is 6.03 Å². The number of urea groups is 1. The maximum atomic E-state index is 11.9. The van der Waals surface area contributed by atoms with Gasteiger partial charge in [0.05, 0.1) is 0 Å². The number of rotatable bonds is 5. The maximum absolute atomic E-state index is 11.9. The van der Waals surface area contributed by atoms with Crippen LogP contribution in [0.1, 0.15) is 24.4 Å². The van der Waals surface area contributed by atoms with E-state index in [0.717, 1.165) is 12.8 Å². The summed E-state index contributed by atoms with van der Waals surface area (Å²) in [7, 11) is 1.69. The lowest BCUT2D eigenvalue weighted by Gasteiger charge is -2.21. The molecule has 0 spiro atoms. The molecular weight excluding hydrogens is 244 g/mol. The van der Waals surface area contributed by atoms with Gasteiger partial charge in [-0.2, -0.15) is 0 Å². The van der Waals surface area contributed by atoms with Gasteiger partial charge in [-0.1, -0.05) is 30.3 Å². The monoisotopic (exact) mass is 262 g/mol. The van der Waals surface area contributed by atoms with Crippen LogP contribution in [-0.2, 0) is 4.79 Å². The SMILES string of the molecule is CN(CC1CC1)C(=O)NC(C(=O)O)c1ccccc1. The lowest BCUT2D eigenvalue weighted by molar-refractivity contribution is -0.139. The van der Waals surface area contributed by atoms with Crippen LogP contribution in [0.5, 0.6) is 0 Å². The van der Waals surface area contributed by atoms with Crippen molar-refractivity contribution in [3.8, 4) is 0 Å². The second-order valence-corrected chi connectivity index (χ2v) is 4.96. The first-order chi connectivity index (χ1) is 9.08. The number of nitrogens with one attached hydrogen (secondary N) is 1. The fourth-order valence-corrected chi connectivity index (χ4v) is 1.94. The molecule has 102 valence electrons. The smallest absolute Gasteiger partial charge is 0.330 e. The van der Waals surface area contributed by atoms with E-state index in [9.17, 15) is 14.7 Å². The van der Waals surface area contributed by atoms with Crippen molar-refractivity contribution in [1.29, 1.82) is 0 Å². The molecule has 0 aromatic heterocycles. The summed E-state index contributed by atoms with van der Waals surface area (Å²) in [5.41, 5.74) is 0.572. The summed E-state index contributed by atoms with van der Waals surface area (Å²) < 4.78 is 0. The van der Waals surface area contributed by atoms with Crippen LogP contribution in [0.2, 0.25) is 0 Å². The molecule has 2 rings (SSSR count). The van der Waals surface area contributed by atoms with Crippen molar-refractivity contribution in [3.05, 3.63) is 35.9 Å². The zero-order valence-corrected chi connectivity index (χ0v) is 10.9. The lowest BCUT2D eigenvalue weighted by Crippen LogP contribution is -2.42. The highest BCUT2D eigenvalue weighted by atomic mass is 16.4. The van der Waals surface area contributed by atoms with Gasteiger partial charge in [0.25, 0.3) is 0 Å². The van der Waals surface area contributed by atoms with Crippen molar-refractivity contribution in [2.75, 3.05) is 13.6 Å². The summed E-state index contributed by atoms with van der Waals surface area (Å²) in [6.07, 6.45) is 2.30. The van der Waals surface area contributed by atoms with Crippen LogP contribution in [0.15, 0.2) is 30.3 Å². The number of carboxylic acid groups (broad SMARTS) is 1. The van der Waals surface area contributed by atoms with Gasteiger partial charge in [0.2, 0.25) is 0 Å². The van der Waals surface area contributed by atoms with Crippen molar-refractivity contribution in [2.24, 2.45) is 5.92 Å². The van der Waals surface area contributed by atoms with E-state index in [2.05, 4.69) is 5.32 Å². The number of amides is 2. The Balaban J connectivity index is 2.00. The van der Waals surface area contributed by atoms with Gasteiger partial charge in [-0.05, 0) is 24.3 Å². The molecule has 2 amide bonds. The average Bonchev–Trinajstić information content (AvgIpc) is 3.20. The van der Waals surface area contributed by atoms with Gasteiger partial charge in [-0.15, -0.1) is 0 Å². The Morgan fingerprint density at radius 2 is 2.00 bits per heavy atom. The van der Waals surface area contributed by atoms with Gasteiger partial charge in [-0.3, -0.25) is 0 Å². The third-order valence-electron chi connectivity index (χ3n) is 3.22. The molecule has 19 heavy (non-hydrogen) atoms. The van der Waals surface area contributed by atoms with E-state index in [4.69, 9.17) is 0 Å². The van der Waals surface area contributed by atoms with E-state index in [1.54, 1.807) is 36.2 Å². The van der Waals surface area contributed by atoms with Gasteiger partial charge in [0, 0.05) is 13.6 Å². The molecule has 5 heteroatoms. The quantitative estimate of drug-likeness (QED) is 0.851. The first kappa shape index (κ1) is 13.4. The minimum absolute atomic E-state index is 0.344. The Labute approximate surface area is 112 Å². The number of nitrogens with zero attached hydrogens (tertiary/aromatic N) is 1. The van der Waals surface area contributed by atoms with Crippen molar-refractivity contribution in [2.45, 2.75) is 18.9 Å². The molecule has 0 heterocycles. The van der Waals surface area contributed by atoms with Crippen molar-refractivity contribution >= 4 is 12.0 Å². The molecule has 0 radical (unpaired) electrons. The number of carboxylic acids is 1. The molecule has 5 nitrogen and oxygen atoms in total. The lowest BCUT2D eigenvalue weighted by atomic mass is 10.1. The molecule has 0 bridgehead atoms. The van der Waals surface area contributed by atoms with Crippen LogP contribution in [0.4, 0.5) is 4.79 Å². The average molecular weight is 262 g/mol. The highest BCUT2D eigenvalue weighted by molar-refractivity contribution is 5.83. The topological polar surface area (TPSA) is 69.6 Å². The first-order valence-electron chi connectivity index (χ1n) is 6.37. The number of hydrogen-bond donors (Lipinski definition) is 2. The predicted molar refractivity (Wildman–Crippen MR) is 70.7 cm³/mol. The minimum Gasteiger partial charge on any atom is -0.479 e. The van der Waals surface area contributed by atoms with Crippen LogP contribution in [0, 0.1) is 5.92 Å². The Morgan fingerprint density at radius 1 is 1.37 bits per heavy atom. The van der Waals surface area contributed by atoms with E-state index < -0.39 is 12.0 Å². The zero-order chi connectivity index (χ0) is 13.8. The first-order valence-corrected chi connectivity index (χ1v) is 6.37. The molecule has 1 aromatic rings. The van der Waals surface area contributed by atoms with Gasteiger partial charge in [0.1, 0.15) is 0 Å². The van der Waals surface area contributed by atoms with Gasteiger partial charge >= 0.3 is 12.0 Å². The summed E-state index contributed by atoms with van der Waals surface area (Å²) in [5.74, 6) is -0.477. The third kappa shape index (κ3) is 3.71. The van der Waals surface area contributed by atoms with E-state index >= 15 is 0 Å². The summed E-state index contributed by atoms with van der Waals surface area (Å²) >= 11 is 0. The van der Waals surface area contributed by atoms with E-state index in [1.807, 2.05) is 6.07 Å². The fraction of sp³-hybridized carbons (Fsp3) is 0.429. The molecule has 1 aliphatic carbocycles. The maximum Gasteiger partial charge on any atom is 0.330 e. The zero-order valence-electron chi connectivity index (χ0n) is 10.9. The highest BCUT2D eigenvalue weighted by Crippen LogP contribution is 2.29. The summed E-state index contributed by atoms with van der Waals surface area (Å²) in [5, 5.41) is 11.8. The molecule has 0 aliphatic heterocycles. The van der Waals surface area contributed by atoms with Crippen molar-refractivity contribution in [3.63, 3.8) is 0 Å². The highest BCUT2D eigenvalue weighted by Gasteiger charge is 2.27. The molecule has 1 atom stereocenters. The number of carbonyl (C=O) groups is 2. The second-order valence-electron chi connectivity index (χ2n) is 4.96. The Morgan fingerprint density at radius 3 is 2.53 bits per heavy atom. The molecule has 1 unspecified atom stereocenters. The van der Waals surface area contributed by atoms with Crippen molar-refractivity contribution in [1.82, 2.24) is 10.2 Å². The van der Waals surface area contributed by atoms with Crippen LogP contribution < -0.4 is 5.32 Å². The number of aliphatic carboxylic acids is 1. The molecule has 1 saturated carbocycles. The number of hydrogen-bond acceptors (Lipinski definition) is 2. The largest absolute Gasteiger partial charge is 0.479 e. The van der Waals surface area contributed by atoms with Gasteiger partial charge < -0.3 is 15.3 Å². The van der Waals surface area contributed by atoms with Crippen LogP contribution in [0.3, 0.4) is 0 Å². The van der Waals surface area contributed by atoms with E-state index in [0.29, 0.717) is 18.0 Å². The standard InChI is InChI=1S/C14H18N2O3/c1-16(9-10-7-8-10)14(19)15-12(13(17)18)11-5-3-2-4-6-11/h2-6,10,12H,7-9H2,1H3,(H,15,19)(H,17,18). The van der Waals surface area contributed by atoms with Crippen molar-refractivity contribution < 1.29 is 14.7 Å². The molecule has 1 aliphatic rings. The van der Waals surface area contributed by atoms with Gasteiger partial charge in [0.15, 0.2) is 6.04 Å². The van der Waals surface area contributed by atoms with E-state index in [1.165, 1.54) is 0 Å². The Bertz CT molecular complexity index is 457. The van der Waals surface area contributed by atoms with Crippen LogP contribution in [0.25, 0.3) is 0 Å². The van der Waals surface area contributed by atoms with Crippen LogP contribution >= 0.6 is 0 Å². The molecular formula is C14H18N2O3. The Hall–Kier alpha value is -2.04. The Kier molecular flexibility index (Phi) is 4.04. The normalized spacial score (nSPS) is 15.6. The van der Waals surface area contributed by atoms with Crippen LogP contribution in [-0.4, -0.2) is 35.6 Å². The second kappa shape index (κ2) is 5.73. The number of carbonyl (C=O) groups excluding carboxylic acids is 1. The van der Waals surface area contributed by atoms with Gasteiger partial charge in [-0.25, -0.2) is 9.59 Å². The third-order valence-corrected chi connectivity index (χ3v) is 3.22. The summed E-state index contributed by atoms with van der Waals surface area (Å²) in [6, 6.07) is 7.36. The predicted octanol–water partition coefficient (Wildman–Crippen LogP) is 1.86. The summed E-state index contributed by atoms with van der Waals surface area (Å²) in [4.78, 5) is 24.8. The minimum atomic E-state index is -1.06. The molecule has 2 N–H and O–H groups in total. The number of benzene rings is 1. The molecule has 0 saturated heterocycles. The molecule has 1 fully saturated rings.